The Balaban J connectivity index is 1.68. The van der Waals surface area contributed by atoms with E-state index < -0.39 is 0 Å². The first kappa shape index (κ1) is 21.8. The van der Waals surface area contributed by atoms with Crippen LogP contribution in [0.5, 0.6) is 11.5 Å². The minimum Gasteiger partial charge on any atom is -0.457 e. The van der Waals surface area contributed by atoms with Crippen molar-refractivity contribution in [2.75, 3.05) is 11.9 Å². The fourth-order valence-corrected chi connectivity index (χ4v) is 3.29. The van der Waals surface area contributed by atoms with Gasteiger partial charge in [-0.1, -0.05) is 23.7 Å². The molecule has 0 spiro atoms. The molecule has 1 N–H and O–H groups in total. The molecular formula is C24H25ClN2O3. The van der Waals surface area contributed by atoms with Crippen molar-refractivity contribution in [1.82, 2.24) is 4.98 Å². The average molecular weight is 425 g/mol. The number of ether oxygens (including phenoxy) is 2. The number of rotatable bonds is 8. The second-order valence-electron chi connectivity index (χ2n) is 6.95. The van der Waals surface area contributed by atoms with Crippen molar-refractivity contribution in [1.29, 1.82) is 0 Å². The molecule has 3 rings (SSSR count). The van der Waals surface area contributed by atoms with Gasteiger partial charge in [0.1, 0.15) is 11.5 Å². The highest BCUT2D eigenvalue weighted by atomic mass is 35.5. The van der Waals surface area contributed by atoms with Crippen LogP contribution in [-0.2, 0) is 11.2 Å². The summed E-state index contributed by atoms with van der Waals surface area (Å²) in [6, 6.07) is 18.0. The van der Waals surface area contributed by atoms with E-state index in [1.165, 1.54) is 0 Å². The van der Waals surface area contributed by atoms with E-state index in [0.717, 1.165) is 5.69 Å². The number of amides is 1. The van der Waals surface area contributed by atoms with Crippen LogP contribution in [0.15, 0.2) is 60.7 Å². The number of hydrogen-bond donors (Lipinski definition) is 1. The number of carbonyl (C=O) groups is 1. The molecule has 0 bridgehead atoms. The van der Waals surface area contributed by atoms with Crippen LogP contribution >= 0.6 is 11.6 Å². The summed E-state index contributed by atoms with van der Waals surface area (Å²) in [4.78, 5) is 17.3. The highest BCUT2D eigenvalue weighted by Gasteiger charge is 2.13. The second kappa shape index (κ2) is 10.2. The van der Waals surface area contributed by atoms with Gasteiger partial charge >= 0.3 is 0 Å². The highest BCUT2D eigenvalue weighted by molar-refractivity contribution is 6.30. The van der Waals surface area contributed by atoms with Crippen LogP contribution in [0, 0.1) is 6.92 Å². The number of halogens is 1. The minimum absolute atomic E-state index is 0.0869. The van der Waals surface area contributed by atoms with Crippen molar-refractivity contribution in [3.8, 4) is 11.5 Å². The first-order chi connectivity index (χ1) is 14.4. The molecule has 2 aromatic carbocycles. The Morgan fingerprint density at radius 3 is 2.53 bits per heavy atom. The summed E-state index contributed by atoms with van der Waals surface area (Å²) in [5, 5.41) is 3.50. The SMILES string of the molecule is CCOC(C)Cc1ccc(C(=O)Nc2cccc(Oc3cccc(Cl)c3)c2)c(C)n1. The molecule has 3 aromatic rings. The monoisotopic (exact) mass is 424 g/mol. The molecule has 1 aromatic heterocycles. The van der Waals surface area contributed by atoms with Crippen LogP contribution in [0.25, 0.3) is 0 Å². The summed E-state index contributed by atoms with van der Waals surface area (Å²) in [6.45, 7) is 6.49. The standard InChI is InChI=1S/C24H25ClN2O3/c1-4-29-16(2)13-20-11-12-23(17(3)26-20)24(28)27-19-8-6-10-22(15-19)30-21-9-5-7-18(25)14-21/h5-12,14-16H,4,13H2,1-3H3,(H,27,28). The van der Waals surface area contributed by atoms with Crippen molar-refractivity contribution in [2.24, 2.45) is 0 Å². The highest BCUT2D eigenvalue weighted by Crippen LogP contribution is 2.26. The summed E-state index contributed by atoms with van der Waals surface area (Å²) in [7, 11) is 0. The average Bonchev–Trinajstić information content (AvgIpc) is 2.68. The number of nitrogens with zero attached hydrogens (tertiary/aromatic N) is 1. The van der Waals surface area contributed by atoms with Gasteiger partial charge in [-0.05, 0) is 63.2 Å². The zero-order valence-corrected chi connectivity index (χ0v) is 18.1. The third-order valence-corrected chi connectivity index (χ3v) is 4.69. The van der Waals surface area contributed by atoms with Gasteiger partial charge in [0.05, 0.1) is 17.4 Å². The van der Waals surface area contributed by atoms with Gasteiger partial charge in [0.25, 0.3) is 5.91 Å². The number of hydrogen-bond acceptors (Lipinski definition) is 4. The second-order valence-corrected chi connectivity index (χ2v) is 7.38. The summed E-state index contributed by atoms with van der Waals surface area (Å²) in [5.74, 6) is 1.01. The molecule has 0 radical (unpaired) electrons. The summed E-state index contributed by atoms with van der Waals surface area (Å²) in [6.07, 6.45) is 0.795. The molecule has 0 aliphatic carbocycles. The van der Waals surface area contributed by atoms with Gasteiger partial charge in [-0.2, -0.15) is 0 Å². The Morgan fingerprint density at radius 2 is 1.83 bits per heavy atom. The third-order valence-electron chi connectivity index (χ3n) is 4.46. The molecular weight excluding hydrogens is 400 g/mol. The van der Waals surface area contributed by atoms with Crippen LogP contribution in [-0.4, -0.2) is 23.6 Å². The number of nitrogens with one attached hydrogen (secondary N) is 1. The van der Waals surface area contributed by atoms with Crippen molar-refractivity contribution < 1.29 is 14.3 Å². The van der Waals surface area contributed by atoms with E-state index in [1.54, 1.807) is 24.3 Å². The van der Waals surface area contributed by atoms with E-state index in [0.29, 0.717) is 46.5 Å². The largest absolute Gasteiger partial charge is 0.457 e. The lowest BCUT2D eigenvalue weighted by atomic mass is 10.1. The van der Waals surface area contributed by atoms with Crippen molar-refractivity contribution >= 4 is 23.2 Å². The van der Waals surface area contributed by atoms with Crippen molar-refractivity contribution in [3.63, 3.8) is 0 Å². The maximum Gasteiger partial charge on any atom is 0.257 e. The van der Waals surface area contributed by atoms with E-state index >= 15 is 0 Å². The summed E-state index contributed by atoms with van der Waals surface area (Å²) >= 11 is 6.00. The van der Waals surface area contributed by atoms with E-state index in [-0.39, 0.29) is 12.0 Å². The Labute approximate surface area is 182 Å². The van der Waals surface area contributed by atoms with Gasteiger partial charge in [-0.3, -0.25) is 9.78 Å². The van der Waals surface area contributed by atoms with Gasteiger partial charge in [-0.15, -0.1) is 0 Å². The zero-order valence-electron chi connectivity index (χ0n) is 17.3. The van der Waals surface area contributed by atoms with Crippen molar-refractivity contribution in [2.45, 2.75) is 33.3 Å². The maximum atomic E-state index is 12.8. The Morgan fingerprint density at radius 1 is 1.10 bits per heavy atom. The fourth-order valence-electron chi connectivity index (χ4n) is 3.11. The number of aryl methyl sites for hydroxylation is 1. The lowest BCUT2D eigenvalue weighted by Crippen LogP contribution is -2.16. The number of pyridine rings is 1. The predicted molar refractivity (Wildman–Crippen MR) is 120 cm³/mol. The minimum atomic E-state index is -0.218. The molecule has 1 unspecified atom stereocenters. The predicted octanol–water partition coefficient (Wildman–Crippen LogP) is 6.06. The third kappa shape index (κ3) is 6.05. The van der Waals surface area contributed by atoms with Gasteiger partial charge < -0.3 is 14.8 Å². The number of aromatic nitrogens is 1. The van der Waals surface area contributed by atoms with Crippen LogP contribution in [0.4, 0.5) is 5.69 Å². The van der Waals surface area contributed by atoms with Crippen LogP contribution in [0.3, 0.4) is 0 Å². The molecule has 0 saturated carbocycles. The topological polar surface area (TPSA) is 60.5 Å². The molecule has 0 fully saturated rings. The molecule has 1 atom stereocenters. The number of anilines is 1. The first-order valence-corrected chi connectivity index (χ1v) is 10.3. The normalized spacial score (nSPS) is 11.7. The number of carbonyl (C=O) groups excluding carboxylic acids is 1. The fraction of sp³-hybridized carbons (Fsp3) is 0.250. The molecule has 30 heavy (non-hydrogen) atoms. The molecule has 5 nitrogen and oxygen atoms in total. The Hall–Kier alpha value is -2.89. The molecule has 6 heteroatoms. The lowest BCUT2D eigenvalue weighted by molar-refractivity contribution is 0.0761. The lowest BCUT2D eigenvalue weighted by Gasteiger charge is -2.13. The van der Waals surface area contributed by atoms with Crippen LogP contribution < -0.4 is 10.1 Å². The summed E-state index contributed by atoms with van der Waals surface area (Å²) in [5.41, 5.74) is 2.75. The van der Waals surface area contributed by atoms with E-state index in [9.17, 15) is 4.79 Å². The maximum absolute atomic E-state index is 12.8. The smallest absolute Gasteiger partial charge is 0.257 e. The molecule has 0 saturated heterocycles. The summed E-state index contributed by atoms with van der Waals surface area (Å²) < 4.78 is 11.4. The molecule has 1 heterocycles. The van der Waals surface area contributed by atoms with E-state index in [2.05, 4.69) is 10.3 Å². The molecule has 1 amide bonds. The van der Waals surface area contributed by atoms with Gasteiger partial charge in [-0.25, -0.2) is 0 Å². The van der Waals surface area contributed by atoms with Gasteiger partial charge in [0.15, 0.2) is 0 Å². The van der Waals surface area contributed by atoms with Crippen LogP contribution in [0.2, 0.25) is 5.02 Å². The Bertz CT molecular complexity index is 1020. The van der Waals surface area contributed by atoms with E-state index in [1.807, 2.05) is 57.2 Å². The number of benzene rings is 2. The van der Waals surface area contributed by atoms with Crippen molar-refractivity contribution in [3.05, 3.63) is 82.6 Å². The molecule has 156 valence electrons. The van der Waals surface area contributed by atoms with Crippen LogP contribution in [0.1, 0.15) is 35.6 Å². The first-order valence-electron chi connectivity index (χ1n) is 9.87. The van der Waals surface area contributed by atoms with Gasteiger partial charge in [0.2, 0.25) is 0 Å². The quantitative estimate of drug-likeness (QED) is 0.477. The Kier molecular flexibility index (Phi) is 7.44. The van der Waals surface area contributed by atoms with Gasteiger partial charge in [0, 0.05) is 35.5 Å². The molecule has 0 aliphatic rings. The zero-order chi connectivity index (χ0) is 21.5. The molecule has 0 aliphatic heterocycles. The van der Waals surface area contributed by atoms with E-state index in [4.69, 9.17) is 21.1 Å².